The van der Waals surface area contributed by atoms with Gasteiger partial charge in [0.05, 0.1) is 11.6 Å². The van der Waals surface area contributed by atoms with Crippen LogP contribution in [0, 0.1) is 16.0 Å². The number of pyridine rings is 1. The molecule has 2 saturated heterocycles. The van der Waals surface area contributed by atoms with Gasteiger partial charge in [-0.25, -0.2) is 0 Å². The fourth-order valence-corrected chi connectivity index (χ4v) is 3.64. The van der Waals surface area contributed by atoms with Gasteiger partial charge in [-0.3, -0.25) is 4.79 Å². The number of amides is 1. The molecule has 7 nitrogen and oxygen atoms in total. The van der Waals surface area contributed by atoms with Gasteiger partial charge in [-0.1, -0.05) is 12.8 Å². The standard InChI is InChI=1S/C17H24N4O3/c22-17(19-9-3-1-2-4-10-19)14-6-5-11-20(13-14)15-7-8-16(18-12-15)21(23)24/h7-8,12,14H,1-6,9-11,13H2/t14-/m1/s1. The van der Waals surface area contributed by atoms with E-state index in [1.54, 1.807) is 6.07 Å². The molecule has 0 N–H and O–H groups in total. The van der Waals surface area contributed by atoms with Crippen molar-refractivity contribution in [3.8, 4) is 0 Å². The molecule has 24 heavy (non-hydrogen) atoms. The third-order valence-corrected chi connectivity index (χ3v) is 4.97. The molecular weight excluding hydrogens is 308 g/mol. The van der Waals surface area contributed by atoms with Gasteiger partial charge >= 0.3 is 5.82 Å². The van der Waals surface area contributed by atoms with E-state index in [0.29, 0.717) is 6.54 Å². The van der Waals surface area contributed by atoms with Crippen molar-refractivity contribution in [3.63, 3.8) is 0 Å². The number of likely N-dealkylation sites (tertiary alicyclic amines) is 1. The Labute approximate surface area is 141 Å². The van der Waals surface area contributed by atoms with Crippen LogP contribution in [-0.4, -0.2) is 46.9 Å². The highest BCUT2D eigenvalue weighted by Gasteiger charge is 2.30. The molecule has 7 heteroatoms. The number of carbonyl (C=O) groups excluding carboxylic acids is 1. The van der Waals surface area contributed by atoms with Crippen molar-refractivity contribution in [1.82, 2.24) is 9.88 Å². The fourth-order valence-electron chi connectivity index (χ4n) is 3.64. The van der Waals surface area contributed by atoms with Crippen molar-refractivity contribution in [3.05, 3.63) is 28.4 Å². The van der Waals surface area contributed by atoms with Gasteiger partial charge < -0.3 is 19.9 Å². The van der Waals surface area contributed by atoms with Crippen LogP contribution >= 0.6 is 0 Å². The second-order valence-electron chi connectivity index (χ2n) is 6.66. The van der Waals surface area contributed by atoms with Crippen LogP contribution in [0.4, 0.5) is 11.5 Å². The van der Waals surface area contributed by atoms with Gasteiger partial charge in [0.2, 0.25) is 5.91 Å². The monoisotopic (exact) mass is 332 g/mol. The summed E-state index contributed by atoms with van der Waals surface area (Å²) >= 11 is 0. The summed E-state index contributed by atoms with van der Waals surface area (Å²) in [5.41, 5.74) is 0.856. The van der Waals surface area contributed by atoms with E-state index in [9.17, 15) is 14.9 Å². The average molecular weight is 332 g/mol. The largest absolute Gasteiger partial charge is 0.368 e. The molecule has 0 unspecified atom stereocenters. The first-order valence-corrected chi connectivity index (χ1v) is 8.79. The first kappa shape index (κ1) is 16.7. The number of nitrogens with zero attached hydrogens (tertiary/aromatic N) is 4. The Bertz CT molecular complexity index is 582. The van der Waals surface area contributed by atoms with Crippen LogP contribution < -0.4 is 4.90 Å². The van der Waals surface area contributed by atoms with E-state index in [0.717, 1.165) is 51.0 Å². The molecule has 3 rings (SSSR count). The van der Waals surface area contributed by atoms with E-state index < -0.39 is 4.92 Å². The molecule has 0 aromatic carbocycles. The lowest BCUT2D eigenvalue weighted by Crippen LogP contribution is -2.45. The Hall–Kier alpha value is -2.18. The maximum Gasteiger partial charge on any atom is 0.363 e. The lowest BCUT2D eigenvalue weighted by Gasteiger charge is -2.35. The van der Waals surface area contributed by atoms with Gasteiger partial charge in [0, 0.05) is 32.2 Å². The van der Waals surface area contributed by atoms with Crippen molar-refractivity contribution in [2.75, 3.05) is 31.1 Å². The quantitative estimate of drug-likeness (QED) is 0.628. The van der Waals surface area contributed by atoms with E-state index in [2.05, 4.69) is 9.88 Å². The average Bonchev–Trinajstić information content (AvgIpc) is 2.90. The Kier molecular flexibility index (Phi) is 5.27. The van der Waals surface area contributed by atoms with Crippen LogP contribution in [-0.2, 0) is 4.79 Å². The van der Waals surface area contributed by atoms with Crippen LogP contribution in [0.1, 0.15) is 38.5 Å². The summed E-state index contributed by atoms with van der Waals surface area (Å²) in [5, 5.41) is 10.7. The molecule has 0 spiro atoms. The molecule has 130 valence electrons. The summed E-state index contributed by atoms with van der Waals surface area (Å²) in [4.78, 5) is 31.1. The minimum atomic E-state index is -0.494. The predicted molar refractivity (Wildman–Crippen MR) is 90.9 cm³/mol. The van der Waals surface area contributed by atoms with E-state index in [-0.39, 0.29) is 17.6 Å². The number of aromatic nitrogens is 1. The van der Waals surface area contributed by atoms with Crippen molar-refractivity contribution in [2.24, 2.45) is 5.92 Å². The van der Waals surface area contributed by atoms with E-state index in [1.807, 2.05) is 4.90 Å². The molecule has 1 aromatic rings. The maximum absolute atomic E-state index is 12.8. The number of nitro groups is 1. The first-order chi connectivity index (χ1) is 11.6. The maximum atomic E-state index is 12.8. The zero-order chi connectivity index (χ0) is 16.9. The van der Waals surface area contributed by atoms with Crippen LogP contribution in [0.3, 0.4) is 0 Å². The zero-order valence-electron chi connectivity index (χ0n) is 13.9. The third-order valence-electron chi connectivity index (χ3n) is 4.97. The number of hydrogen-bond acceptors (Lipinski definition) is 5. The summed E-state index contributed by atoms with van der Waals surface area (Å²) in [6.45, 7) is 3.31. The Morgan fingerprint density at radius 3 is 2.50 bits per heavy atom. The second-order valence-corrected chi connectivity index (χ2v) is 6.66. The molecule has 1 aromatic heterocycles. The Balaban J connectivity index is 1.65. The summed E-state index contributed by atoms with van der Waals surface area (Å²) in [7, 11) is 0. The second kappa shape index (κ2) is 7.59. The minimum absolute atomic E-state index is 0.0204. The lowest BCUT2D eigenvalue weighted by molar-refractivity contribution is -0.389. The number of rotatable bonds is 3. The highest BCUT2D eigenvalue weighted by Crippen LogP contribution is 2.25. The predicted octanol–water partition coefficient (Wildman–Crippen LogP) is 2.61. The van der Waals surface area contributed by atoms with E-state index >= 15 is 0 Å². The summed E-state index contributed by atoms with van der Waals surface area (Å²) < 4.78 is 0. The van der Waals surface area contributed by atoms with Crippen LogP contribution in [0.15, 0.2) is 18.3 Å². The van der Waals surface area contributed by atoms with Crippen LogP contribution in [0.5, 0.6) is 0 Å². The molecule has 0 saturated carbocycles. The van der Waals surface area contributed by atoms with Gasteiger partial charge in [-0.05, 0) is 41.7 Å². The van der Waals surface area contributed by atoms with Crippen LogP contribution in [0.25, 0.3) is 0 Å². The van der Waals surface area contributed by atoms with E-state index in [4.69, 9.17) is 0 Å². The normalized spacial score (nSPS) is 22.1. The van der Waals surface area contributed by atoms with Gasteiger partial charge in [-0.2, -0.15) is 0 Å². The van der Waals surface area contributed by atoms with Crippen molar-refractivity contribution in [2.45, 2.75) is 38.5 Å². The summed E-state index contributed by atoms with van der Waals surface area (Å²) in [6.07, 6.45) is 8.07. The van der Waals surface area contributed by atoms with Crippen LogP contribution in [0.2, 0.25) is 0 Å². The van der Waals surface area contributed by atoms with Crippen molar-refractivity contribution >= 4 is 17.4 Å². The highest BCUT2D eigenvalue weighted by molar-refractivity contribution is 5.79. The lowest BCUT2D eigenvalue weighted by atomic mass is 9.96. The minimum Gasteiger partial charge on any atom is -0.368 e. The first-order valence-electron chi connectivity index (χ1n) is 8.79. The molecular formula is C17H24N4O3. The molecule has 1 amide bonds. The number of hydrogen-bond donors (Lipinski definition) is 0. The Morgan fingerprint density at radius 1 is 1.12 bits per heavy atom. The number of piperidine rings is 1. The topological polar surface area (TPSA) is 79.6 Å². The molecule has 2 fully saturated rings. The van der Waals surface area contributed by atoms with Gasteiger partial charge in [0.15, 0.2) is 6.20 Å². The molecule has 1 atom stereocenters. The number of carbonyl (C=O) groups is 1. The summed E-state index contributed by atoms with van der Waals surface area (Å²) in [6, 6.07) is 3.15. The highest BCUT2D eigenvalue weighted by atomic mass is 16.6. The fraction of sp³-hybridized carbons (Fsp3) is 0.647. The molecule has 2 aliphatic rings. The summed E-state index contributed by atoms with van der Waals surface area (Å²) in [5.74, 6) is 0.150. The number of anilines is 1. The molecule has 0 bridgehead atoms. The van der Waals surface area contributed by atoms with Crippen molar-refractivity contribution < 1.29 is 9.72 Å². The molecule has 0 radical (unpaired) electrons. The smallest absolute Gasteiger partial charge is 0.363 e. The van der Waals surface area contributed by atoms with Gasteiger partial charge in [0.25, 0.3) is 0 Å². The van der Waals surface area contributed by atoms with Crippen molar-refractivity contribution in [1.29, 1.82) is 0 Å². The Morgan fingerprint density at radius 2 is 1.88 bits per heavy atom. The zero-order valence-corrected chi connectivity index (χ0v) is 13.9. The van der Waals surface area contributed by atoms with Gasteiger partial charge in [-0.15, -0.1) is 0 Å². The molecule has 3 heterocycles. The van der Waals surface area contributed by atoms with Gasteiger partial charge in [0.1, 0.15) is 0 Å². The van der Waals surface area contributed by atoms with E-state index in [1.165, 1.54) is 25.1 Å². The molecule has 0 aliphatic carbocycles. The molecule has 2 aliphatic heterocycles. The SMILES string of the molecule is O=C([C@@H]1CCCN(c2ccc([N+](=O)[O-])nc2)C1)N1CCCCCC1. The third kappa shape index (κ3) is 3.83.